The van der Waals surface area contributed by atoms with Gasteiger partial charge in [-0.2, -0.15) is 74.6 Å². The molecule has 1 aromatic carbocycles. The fourth-order valence-electron chi connectivity index (χ4n) is 8.16. The van der Waals surface area contributed by atoms with E-state index >= 15 is 8.78 Å². The molecule has 1 saturated heterocycles. The average molecular weight is 1400 g/mol. The van der Waals surface area contributed by atoms with Crippen molar-refractivity contribution >= 4 is 65.7 Å². The van der Waals surface area contributed by atoms with Crippen molar-refractivity contribution in [2.45, 2.75) is 196 Å². The number of benzene rings is 1. The maximum atomic E-state index is 15.1. The van der Waals surface area contributed by atoms with E-state index in [1.54, 1.807) is 30.3 Å². The number of hydrogen-bond donors (Lipinski definition) is 3. The van der Waals surface area contributed by atoms with E-state index < -0.39 is 220 Å². The highest BCUT2D eigenvalue weighted by Crippen LogP contribution is 2.64. The molecule has 3 N–H and O–H groups in total. The zero-order valence-electron chi connectivity index (χ0n) is 49.9. The van der Waals surface area contributed by atoms with Crippen LogP contribution in [-0.2, 0) is 107 Å². The summed E-state index contributed by atoms with van der Waals surface area (Å²) in [6.45, 7) is 0.325. The minimum Gasteiger partial charge on any atom is -0.463 e. The molecule has 10 atom stereocenters. The molecular formula is C52H60F17N3O22. The number of rotatable bonds is 34. The summed E-state index contributed by atoms with van der Waals surface area (Å²) in [5.41, 5.74) is 0.488. The molecule has 1 aliphatic rings. The van der Waals surface area contributed by atoms with Crippen molar-refractivity contribution in [2.24, 2.45) is 0 Å². The predicted molar refractivity (Wildman–Crippen MR) is 269 cm³/mol. The number of carbonyl (C=O) groups excluding carboxylic acids is 11. The van der Waals surface area contributed by atoms with Crippen molar-refractivity contribution in [3.63, 3.8) is 0 Å². The first-order valence-corrected chi connectivity index (χ1v) is 26.8. The molecule has 42 heteroatoms. The van der Waals surface area contributed by atoms with Crippen LogP contribution in [0.2, 0.25) is 0 Å². The summed E-state index contributed by atoms with van der Waals surface area (Å²) >= 11 is 0. The molecule has 0 radical (unpaired) electrons. The van der Waals surface area contributed by atoms with Crippen molar-refractivity contribution in [1.82, 2.24) is 16.0 Å². The molecule has 0 aliphatic carbocycles. The lowest BCUT2D eigenvalue weighted by atomic mass is 9.88. The Hall–Kier alpha value is -8.08. The maximum absolute atomic E-state index is 15.1. The minimum absolute atomic E-state index is 0.299. The molecule has 1 aliphatic heterocycles. The van der Waals surface area contributed by atoms with Gasteiger partial charge in [-0.3, -0.25) is 47.9 Å². The zero-order valence-corrected chi connectivity index (χ0v) is 49.9. The van der Waals surface area contributed by atoms with Crippen LogP contribution in [0.25, 0.3) is 0 Å². The number of ether oxygens (including phenoxy) is 11. The zero-order chi connectivity index (χ0) is 72.5. The summed E-state index contributed by atoms with van der Waals surface area (Å²) in [4.78, 5) is 142. The Bertz CT molecular complexity index is 2840. The van der Waals surface area contributed by atoms with Crippen LogP contribution in [0.4, 0.5) is 79.4 Å². The molecule has 1 fully saturated rings. The lowest BCUT2D eigenvalue weighted by Gasteiger charge is -2.46. The van der Waals surface area contributed by atoms with Crippen LogP contribution in [0.1, 0.15) is 86.6 Å². The standard InChI is InChI=1S/C52H60F17N3O22/c1-23(73)84-21-33(87-25(3)75)36(94-43-40(92-30(8)80)38(90-28(6)78)35(88-26(4)76)34(93-43)22-85-24(2)74)37(89-27(5)77)39(91-29(7)79)42(82)72-32(16-12-13-18-71-44(83)86-20-31-14-10-9-11-15-31)41(81)70-19-17-45(53,54)46(55,56)47(57,58)48(59,60)49(61,62)50(63,64)51(65,66)52(67,68)69/h9-11,14-15,32-40,43H,12-13,16-22H2,1-8H3,(H,70,81)(H,71,83)(H,72,82)/t32?,33?,34?,35-,36-,37-,38-,39?,40?,43-/m0/s1. The van der Waals surface area contributed by atoms with Gasteiger partial charge in [0.2, 0.25) is 12.0 Å². The van der Waals surface area contributed by atoms with Crippen LogP contribution in [0.5, 0.6) is 0 Å². The van der Waals surface area contributed by atoms with Crippen LogP contribution in [0, 0.1) is 0 Å². The highest BCUT2D eigenvalue weighted by molar-refractivity contribution is 5.91. The molecular weight excluding hydrogens is 1340 g/mol. The summed E-state index contributed by atoms with van der Waals surface area (Å²) in [5, 5.41) is 5.34. The molecule has 3 amide bonds. The smallest absolute Gasteiger partial charge is 0.460 e. The number of amides is 3. The summed E-state index contributed by atoms with van der Waals surface area (Å²) in [6.07, 6.45) is -35.8. The van der Waals surface area contributed by atoms with Gasteiger partial charge < -0.3 is 68.1 Å². The second kappa shape index (κ2) is 33.3. The van der Waals surface area contributed by atoms with E-state index in [0.717, 1.165) is 34.6 Å². The molecule has 0 bridgehead atoms. The van der Waals surface area contributed by atoms with Crippen molar-refractivity contribution in [3.05, 3.63) is 35.9 Å². The van der Waals surface area contributed by atoms with Crippen molar-refractivity contribution in [2.75, 3.05) is 26.3 Å². The number of esters is 8. The SMILES string of the molecule is CC(=O)OCC(OC(C)=O)[C@H](O[C@@H]1OC(COC(C)=O)[C@H](OC(C)=O)[C@H](OC(C)=O)C1OC(C)=O)[C@H](OC(C)=O)C(OC(C)=O)C(=O)NC(CCCCNC(=O)OCc1ccccc1)C(=O)NCCC(F)(F)C(F)(F)C(F)(F)C(F)(F)C(F)(F)C(F)(F)C(F)(F)C(F)(F)F. The van der Waals surface area contributed by atoms with Gasteiger partial charge in [-0.05, 0) is 24.8 Å². The highest BCUT2D eigenvalue weighted by atomic mass is 19.4. The first-order chi connectivity index (χ1) is 42.9. The Morgan fingerprint density at radius 1 is 0.489 bits per heavy atom. The maximum Gasteiger partial charge on any atom is 0.460 e. The number of alkyl carbamates (subject to hydrolysis) is 1. The van der Waals surface area contributed by atoms with Gasteiger partial charge in [-0.15, -0.1) is 0 Å². The van der Waals surface area contributed by atoms with Crippen LogP contribution in [0.3, 0.4) is 0 Å². The largest absolute Gasteiger partial charge is 0.463 e. The molecule has 0 saturated carbocycles. The van der Waals surface area contributed by atoms with E-state index in [0.29, 0.717) is 26.3 Å². The van der Waals surface area contributed by atoms with Gasteiger partial charge >= 0.3 is 101 Å². The molecule has 1 heterocycles. The molecule has 2 rings (SSSR count). The summed E-state index contributed by atoms with van der Waals surface area (Å²) in [5.74, 6) is -73.6. The van der Waals surface area contributed by atoms with Crippen LogP contribution >= 0.6 is 0 Å². The van der Waals surface area contributed by atoms with E-state index in [1.807, 2.05) is 5.32 Å². The van der Waals surface area contributed by atoms with Gasteiger partial charge in [-0.1, -0.05) is 30.3 Å². The molecule has 5 unspecified atom stereocenters. The van der Waals surface area contributed by atoms with E-state index in [4.69, 9.17) is 52.1 Å². The van der Waals surface area contributed by atoms with Crippen LogP contribution in [-0.4, -0.2) is 201 Å². The van der Waals surface area contributed by atoms with Crippen molar-refractivity contribution in [3.8, 4) is 0 Å². The average Bonchev–Trinajstić information content (AvgIpc) is 0.697. The van der Waals surface area contributed by atoms with Crippen LogP contribution < -0.4 is 16.0 Å². The van der Waals surface area contributed by atoms with E-state index in [-0.39, 0.29) is 13.0 Å². The van der Waals surface area contributed by atoms with Gasteiger partial charge in [0.15, 0.2) is 36.8 Å². The molecule has 0 spiro atoms. The van der Waals surface area contributed by atoms with Gasteiger partial charge in [0.05, 0.1) is 0 Å². The molecule has 1 aromatic rings. The second-order valence-electron chi connectivity index (χ2n) is 20.0. The second-order valence-corrected chi connectivity index (χ2v) is 20.0. The Kier molecular flexibility index (Phi) is 29.1. The number of carbonyl (C=O) groups is 11. The van der Waals surface area contributed by atoms with E-state index in [9.17, 15) is 119 Å². The number of unbranched alkanes of at least 4 members (excludes halogenated alkanes) is 1. The normalized spacial score (nSPS) is 19.0. The molecule has 534 valence electrons. The Labute approximate surface area is 519 Å². The predicted octanol–water partition coefficient (Wildman–Crippen LogP) is 5.91. The summed E-state index contributed by atoms with van der Waals surface area (Å²) in [7, 11) is 0. The van der Waals surface area contributed by atoms with Crippen molar-refractivity contribution < 1.29 is 179 Å². The lowest BCUT2D eigenvalue weighted by Crippen LogP contribution is -2.74. The third kappa shape index (κ3) is 21.2. The Morgan fingerprint density at radius 3 is 1.47 bits per heavy atom. The Morgan fingerprint density at radius 2 is 0.979 bits per heavy atom. The quantitative estimate of drug-likeness (QED) is 0.0312. The molecule has 0 aromatic heterocycles. The van der Waals surface area contributed by atoms with Gasteiger partial charge in [0, 0.05) is 74.9 Å². The highest BCUT2D eigenvalue weighted by Gasteiger charge is 2.95. The lowest BCUT2D eigenvalue weighted by molar-refractivity contribution is -0.461. The van der Waals surface area contributed by atoms with Gasteiger partial charge in [-0.25, -0.2) is 4.79 Å². The van der Waals surface area contributed by atoms with Crippen molar-refractivity contribution in [1.29, 1.82) is 0 Å². The van der Waals surface area contributed by atoms with Gasteiger partial charge in [0.1, 0.15) is 38.1 Å². The third-order valence-corrected chi connectivity index (χ3v) is 12.4. The van der Waals surface area contributed by atoms with E-state index in [2.05, 4.69) is 5.32 Å². The number of hydrogen-bond acceptors (Lipinski definition) is 22. The first-order valence-electron chi connectivity index (χ1n) is 26.8. The number of alkyl halides is 17. The first kappa shape index (κ1) is 82.0. The fourth-order valence-corrected chi connectivity index (χ4v) is 8.16. The molecule has 94 heavy (non-hydrogen) atoms. The van der Waals surface area contributed by atoms with E-state index in [1.165, 1.54) is 5.32 Å². The summed E-state index contributed by atoms with van der Waals surface area (Å²) < 4.78 is 298. The third-order valence-electron chi connectivity index (χ3n) is 12.4. The summed E-state index contributed by atoms with van der Waals surface area (Å²) in [6, 6.07) is 5.37. The topological polar surface area (TPSA) is 325 Å². The fraction of sp³-hybridized carbons (Fsp3) is 0.673. The molecule has 25 nitrogen and oxygen atoms in total. The van der Waals surface area contributed by atoms with Gasteiger partial charge in [0.25, 0.3) is 5.91 Å². The van der Waals surface area contributed by atoms with Crippen LogP contribution in [0.15, 0.2) is 30.3 Å². The Balaban J connectivity index is 2.91. The number of nitrogens with one attached hydrogen (secondary N) is 3. The number of halogens is 17. The monoisotopic (exact) mass is 1400 g/mol. The minimum atomic E-state index is -8.95.